The predicted octanol–water partition coefficient (Wildman–Crippen LogP) is 0.765. The Balaban J connectivity index is 2.82. The normalized spacial score (nSPS) is 11.8. The molecular weight excluding hydrogens is 224 g/mol. The molecule has 0 saturated heterocycles. The van der Waals surface area contributed by atoms with Gasteiger partial charge in [0.05, 0.1) is 12.5 Å². The zero-order valence-corrected chi connectivity index (χ0v) is 9.00. The van der Waals surface area contributed by atoms with Crippen LogP contribution in [0, 0.1) is 5.92 Å². The van der Waals surface area contributed by atoms with Gasteiger partial charge >= 0.3 is 5.97 Å². The van der Waals surface area contributed by atoms with Crippen molar-refractivity contribution in [2.45, 2.75) is 6.42 Å². The average molecular weight is 236 g/mol. The molecular formula is C12H12O5. The van der Waals surface area contributed by atoms with E-state index in [0.29, 0.717) is 11.8 Å². The first-order chi connectivity index (χ1) is 8.08. The second-order valence-corrected chi connectivity index (χ2v) is 3.59. The number of aldehydes is 1. The first kappa shape index (κ1) is 13.1. The standard InChI is InChI=1S/C12H12O5/c13-6-8-2-1-3-9(4-8)11(15)5-10(7-14)12(16)17/h1-4,6,10,14H,5,7H2,(H,16,17). The number of ketones is 1. The van der Waals surface area contributed by atoms with Crippen molar-refractivity contribution in [3.05, 3.63) is 35.4 Å². The number of carboxylic acid groups (broad SMARTS) is 1. The van der Waals surface area contributed by atoms with Crippen LogP contribution in [0.5, 0.6) is 0 Å². The van der Waals surface area contributed by atoms with Crippen LogP contribution in [0.1, 0.15) is 27.1 Å². The maximum atomic E-state index is 11.7. The molecule has 0 heterocycles. The number of carboxylic acids is 1. The quantitative estimate of drug-likeness (QED) is 0.562. The molecule has 5 heteroatoms. The first-order valence-corrected chi connectivity index (χ1v) is 5.00. The lowest BCUT2D eigenvalue weighted by Crippen LogP contribution is -2.21. The minimum Gasteiger partial charge on any atom is -0.481 e. The Labute approximate surface area is 97.7 Å². The van der Waals surface area contributed by atoms with Gasteiger partial charge in [-0.25, -0.2) is 0 Å². The second-order valence-electron chi connectivity index (χ2n) is 3.59. The lowest BCUT2D eigenvalue weighted by atomic mass is 9.98. The molecule has 5 nitrogen and oxygen atoms in total. The van der Waals surface area contributed by atoms with Crippen LogP contribution in [0.15, 0.2) is 24.3 Å². The van der Waals surface area contributed by atoms with Crippen LogP contribution in [0.2, 0.25) is 0 Å². The summed E-state index contributed by atoms with van der Waals surface area (Å²) in [5, 5.41) is 17.5. The molecule has 0 aliphatic carbocycles. The number of benzene rings is 1. The van der Waals surface area contributed by atoms with Crippen LogP contribution < -0.4 is 0 Å². The summed E-state index contributed by atoms with van der Waals surface area (Å²) >= 11 is 0. The summed E-state index contributed by atoms with van der Waals surface area (Å²) in [6.45, 7) is -0.589. The third-order valence-electron chi connectivity index (χ3n) is 2.35. The Morgan fingerprint density at radius 3 is 2.59 bits per heavy atom. The van der Waals surface area contributed by atoms with Crippen LogP contribution in [0.4, 0.5) is 0 Å². The van der Waals surface area contributed by atoms with Crippen LogP contribution in [0.25, 0.3) is 0 Å². The van der Waals surface area contributed by atoms with E-state index in [1.165, 1.54) is 12.1 Å². The van der Waals surface area contributed by atoms with Gasteiger partial charge in [0, 0.05) is 17.5 Å². The Bertz CT molecular complexity index is 438. The average Bonchev–Trinajstić information content (AvgIpc) is 2.35. The molecule has 0 aromatic heterocycles. The highest BCUT2D eigenvalue weighted by Gasteiger charge is 2.21. The predicted molar refractivity (Wildman–Crippen MR) is 59.0 cm³/mol. The van der Waals surface area contributed by atoms with E-state index < -0.39 is 24.3 Å². The van der Waals surface area contributed by atoms with E-state index in [-0.39, 0.29) is 12.0 Å². The maximum Gasteiger partial charge on any atom is 0.309 e. The molecule has 17 heavy (non-hydrogen) atoms. The van der Waals surface area contributed by atoms with Crippen molar-refractivity contribution in [3.8, 4) is 0 Å². The van der Waals surface area contributed by atoms with Crippen molar-refractivity contribution in [1.29, 1.82) is 0 Å². The fraction of sp³-hybridized carbons (Fsp3) is 0.250. The Hall–Kier alpha value is -2.01. The number of hydrogen-bond acceptors (Lipinski definition) is 4. The summed E-state index contributed by atoms with van der Waals surface area (Å²) in [6, 6.07) is 5.99. The van der Waals surface area contributed by atoms with Gasteiger partial charge in [-0.3, -0.25) is 14.4 Å². The Kier molecular flexibility index (Phi) is 4.54. The number of aliphatic hydroxyl groups excluding tert-OH is 1. The summed E-state index contributed by atoms with van der Waals surface area (Å²) in [5.41, 5.74) is 0.626. The minimum absolute atomic E-state index is 0.273. The van der Waals surface area contributed by atoms with Crippen molar-refractivity contribution >= 4 is 18.0 Å². The van der Waals surface area contributed by atoms with Crippen molar-refractivity contribution in [3.63, 3.8) is 0 Å². The molecule has 0 aliphatic heterocycles. The van der Waals surface area contributed by atoms with Gasteiger partial charge in [0.25, 0.3) is 0 Å². The molecule has 1 unspecified atom stereocenters. The van der Waals surface area contributed by atoms with E-state index >= 15 is 0 Å². The van der Waals surface area contributed by atoms with E-state index in [1.807, 2.05) is 0 Å². The molecule has 0 bridgehead atoms. The monoisotopic (exact) mass is 236 g/mol. The summed E-state index contributed by atoms with van der Waals surface area (Å²) in [5.74, 6) is -2.73. The van der Waals surface area contributed by atoms with Crippen molar-refractivity contribution in [2.75, 3.05) is 6.61 Å². The van der Waals surface area contributed by atoms with Crippen LogP contribution >= 0.6 is 0 Å². The molecule has 0 radical (unpaired) electrons. The maximum absolute atomic E-state index is 11.7. The highest BCUT2D eigenvalue weighted by Crippen LogP contribution is 2.11. The van der Waals surface area contributed by atoms with Gasteiger partial charge in [-0.05, 0) is 6.07 Å². The SMILES string of the molecule is O=Cc1cccc(C(=O)CC(CO)C(=O)O)c1. The van der Waals surface area contributed by atoms with Gasteiger partial charge in [-0.2, -0.15) is 0 Å². The lowest BCUT2D eigenvalue weighted by Gasteiger charge is -2.08. The van der Waals surface area contributed by atoms with E-state index in [2.05, 4.69) is 0 Å². The van der Waals surface area contributed by atoms with Gasteiger partial charge in [0.1, 0.15) is 6.29 Å². The highest BCUT2D eigenvalue weighted by atomic mass is 16.4. The van der Waals surface area contributed by atoms with Crippen LogP contribution in [-0.2, 0) is 4.79 Å². The summed E-state index contributed by atoms with van der Waals surface area (Å²) < 4.78 is 0. The molecule has 0 aliphatic rings. The van der Waals surface area contributed by atoms with E-state index in [4.69, 9.17) is 10.2 Å². The second kappa shape index (κ2) is 5.91. The third kappa shape index (κ3) is 3.49. The molecule has 2 N–H and O–H groups in total. The van der Waals surface area contributed by atoms with E-state index in [9.17, 15) is 14.4 Å². The number of aliphatic carboxylic acids is 1. The van der Waals surface area contributed by atoms with Gasteiger partial charge in [-0.15, -0.1) is 0 Å². The van der Waals surface area contributed by atoms with Gasteiger partial charge in [0.2, 0.25) is 0 Å². The summed E-state index contributed by atoms with van der Waals surface area (Å²) in [4.78, 5) is 32.9. The largest absolute Gasteiger partial charge is 0.481 e. The fourth-order valence-electron chi connectivity index (χ4n) is 1.36. The van der Waals surface area contributed by atoms with Crippen molar-refractivity contribution in [1.82, 2.24) is 0 Å². The summed E-state index contributed by atoms with van der Waals surface area (Å²) in [6.07, 6.45) is 0.325. The van der Waals surface area contributed by atoms with Crippen molar-refractivity contribution < 1.29 is 24.6 Å². The third-order valence-corrected chi connectivity index (χ3v) is 2.35. The molecule has 0 spiro atoms. The zero-order valence-electron chi connectivity index (χ0n) is 9.00. The first-order valence-electron chi connectivity index (χ1n) is 5.00. The molecule has 0 saturated carbocycles. The molecule has 0 fully saturated rings. The number of carbonyl (C=O) groups is 3. The van der Waals surface area contributed by atoms with Crippen molar-refractivity contribution in [2.24, 2.45) is 5.92 Å². The molecule has 1 rings (SSSR count). The topological polar surface area (TPSA) is 91.7 Å². The highest BCUT2D eigenvalue weighted by molar-refractivity contribution is 5.99. The minimum atomic E-state index is -1.22. The van der Waals surface area contributed by atoms with E-state index in [0.717, 1.165) is 0 Å². The number of Topliss-reactive ketones (excluding diaryl/α,β-unsaturated/α-hetero) is 1. The van der Waals surface area contributed by atoms with Crippen LogP contribution in [0.3, 0.4) is 0 Å². The molecule has 1 atom stereocenters. The Morgan fingerprint density at radius 2 is 2.06 bits per heavy atom. The zero-order chi connectivity index (χ0) is 12.8. The number of hydrogen-bond donors (Lipinski definition) is 2. The van der Waals surface area contributed by atoms with Crippen LogP contribution in [-0.4, -0.2) is 34.9 Å². The number of rotatable bonds is 6. The van der Waals surface area contributed by atoms with Gasteiger partial charge in [-0.1, -0.05) is 18.2 Å². The molecule has 1 aromatic rings. The number of aliphatic hydroxyl groups is 1. The summed E-state index contributed by atoms with van der Waals surface area (Å²) in [7, 11) is 0. The smallest absolute Gasteiger partial charge is 0.309 e. The Morgan fingerprint density at radius 1 is 1.35 bits per heavy atom. The lowest BCUT2D eigenvalue weighted by molar-refractivity contribution is -0.142. The van der Waals surface area contributed by atoms with Gasteiger partial charge < -0.3 is 10.2 Å². The number of carbonyl (C=O) groups excluding carboxylic acids is 2. The van der Waals surface area contributed by atoms with E-state index in [1.54, 1.807) is 12.1 Å². The molecule has 0 amide bonds. The molecule has 1 aromatic carbocycles. The van der Waals surface area contributed by atoms with Gasteiger partial charge in [0.15, 0.2) is 5.78 Å². The molecule has 90 valence electrons. The fourth-order valence-corrected chi connectivity index (χ4v) is 1.36.